The summed E-state index contributed by atoms with van der Waals surface area (Å²) < 4.78 is 6.44. The zero-order chi connectivity index (χ0) is 19.5. The van der Waals surface area contributed by atoms with E-state index in [2.05, 4.69) is 16.4 Å². The highest BCUT2D eigenvalue weighted by Crippen LogP contribution is 2.59. The van der Waals surface area contributed by atoms with Crippen molar-refractivity contribution in [3.8, 4) is 11.9 Å². The number of urea groups is 1. The van der Waals surface area contributed by atoms with Gasteiger partial charge in [-0.05, 0) is 55.9 Å². The Morgan fingerprint density at radius 1 is 1.36 bits per heavy atom. The molecule has 0 spiro atoms. The molecule has 7 heteroatoms. The number of aromatic nitrogens is 1. The Kier molecular flexibility index (Phi) is 4.02. The number of aliphatic hydroxyl groups is 1. The molecule has 4 unspecified atom stereocenters. The van der Waals surface area contributed by atoms with Crippen molar-refractivity contribution >= 4 is 6.03 Å². The lowest BCUT2D eigenvalue weighted by Gasteiger charge is -2.59. The largest absolute Gasteiger partial charge is 0.472 e. The monoisotopic (exact) mass is 382 g/mol. The minimum atomic E-state index is -0.500. The zero-order valence-corrected chi connectivity index (χ0v) is 16.0. The van der Waals surface area contributed by atoms with Gasteiger partial charge in [0.2, 0.25) is 5.88 Å². The molecule has 1 aromatic rings. The fourth-order valence-electron chi connectivity index (χ4n) is 6.57. The molecule has 0 aromatic carbocycles. The second-order valence-corrected chi connectivity index (χ2v) is 9.22. The van der Waals surface area contributed by atoms with E-state index in [1.807, 2.05) is 7.05 Å². The van der Waals surface area contributed by atoms with Crippen LogP contribution in [0.5, 0.6) is 5.88 Å². The van der Waals surface area contributed by atoms with Crippen LogP contribution in [0.4, 0.5) is 4.79 Å². The van der Waals surface area contributed by atoms with E-state index in [4.69, 9.17) is 10.00 Å². The summed E-state index contributed by atoms with van der Waals surface area (Å²) in [7, 11) is 1.82. The predicted molar refractivity (Wildman–Crippen MR) is 100 cm³/mol. The number of amides is 2. The SMILES string of the molecule is CN1C(=O)NCC1C(Oc1ccc(C#N)cn1)C1C2CC3CC1CC(O)(C3)C2. The van der Waals surface area contributed by atoms with Crippen LogP contribution in [0.2, 0.25) is 0 Å². The Morgan fingerprint density at radius 2 is 2.11 bits per heavy atom. The zero-order valence-electron chi connectivity index (χ0n) is 16.0. The predicted octanol–water partition coefficient (Wildman–Crippen LogP) is 1.91. The maximum Gasteiger partial charge on any atom is 0.317 e. The summed E-state index contributed by atoms with van der Waals surface area (Å²) in [5.74, 6) is 2.25. The molecule has 6 rings (SSSR count). The van der Waals surface area contributed by atoms with Crippen LogP contribution in [0.15, 0.2) is 18.3 Å². The van der Waals surface area contributed by atoms with Crippen LogP contribution >= 0.6 is 0 Å². The fraction of sp³-hybridized carbons (Fsp3) is 0.667. The van der Waals surface area contributed by atoms with Gasteiger partial charge in [0.05, 0.1) is 17.2 Å². The molecule has 4 saturated carbocycles. The highest BCUT2D eigenvalue weighted by Gasteiger charge is 2.58. The number of hydrogen-bond donors (Lipinski definition) is 2. The van der Waals surface area contributed by atoms with Crippen molar-refractivity contribution in [3.63, 3.8) is 0 Å². The van der Waals surface area contributed by atoms with E-state index in [9.17, 15) is 9.90 Å². The Bertz CT molecular complexity index is 804. The van der Waals surface area contributed by atoms with E-state index < -0.39 is 5.60 Å². The van der Waals surface area contributed by atoms with E-state index in [1.165, 1.54) is 6.20 Å². The van der Waals surface area contributed by atoms with Crippen LogP contribution in [0.1, 0.15) is 37.7 Å². The van der Waals surface area contributed by atoms with Crippen molar-refractivity contribution in [2.45, 2.75) is 49.9 Å². The van der Waals surface area contributed by atoms with E-state index in [0.29, 0.717) is 41.7 Å². The number of likely N-dealkylation sites (N-methyl/N-ethyl adjacent to an activating group) is 1. The van der Waals surface area contributed by atoms with Crippen LogP contribution in [0.25, 0.3) is 0 Å². The molecular weight excluding hydrogens is 356 g/mol. The quantitative estimate of drug-likeness (QED) is 0.829. The molecule has 4 atom stereocenters. The molecule has 2 heterocycles. The van der Waals surface area contributed by atoms with Gasteiger partial charge in [0, 0.05) is 31.8 Å². The van der Waals surface area contributed by atoms with Crippen molar-refractivity contribution in [2.75, 3.05) is 13.6 Å². The molecule has 2 N–H and O–H groups in total. The molecule has 1 saturated heterocycles. The first-order chi connectivity index (χ1) is 13.5. The van der Waals surface area contributed by atoms with Gasteiger partial charge in [-0.3, -0.25) is 0 Å². The number of nitrogens with one attached hydrogen (secondary N) is 1. The van der Waals surface area contributed by atoms with Gasteiger partial charge in [0.15, 0.2) is 0 Å². The van der Waals surface area contributed by atoms with Gasteiger partial charge >= 0.3 is 6.03 Å². The van der Waals surface area contributed by atoms with E-state index in [1.54, 1.807) is 17.0 Å². The van der Waals surface area contributed by atoms with Gasteiger partial charge in [0.25, 0.3) is 0 Å². The maximum absolute atomic E-state index is 12.1. The van der Waals surface area contributed by atoms with Crippen molar-refractivity contribution in [1.82, 2.24) is 15.2 Å². The van der Waals surface area contributed by atoms with E-state index in [0.717, 1.165) is 32.1 Å². The standard InChI is InChI=1S/C21H26N4O3/c1-25-16(11-24-20(25)26)19(28-17-3-2-12(9-22)10-23-17)18-14-4-13-5-15(18)8-21(27,6-13)7-14/h2-3,10,13-16,18-19,27H,4-8,11H2,1H3,(H,24,26). The molecular formula is C21H26N4O3. The summed E-state index contributed by atoms with van der Waals surface area (Å²) in [6.07, 6.45) is 6.24. The van der Waals surface area contributed by atoms with Crippen molar-refractivity contribution in [2.24, 2.45) is 23.7 Å². The minimum absolute atomic E-state index is 0.0675. The third-order valence-corrected chi connectivity index (χ3v) is 7.47. The normalized spacial score (nSPS) is 39.5. The molecule has 1 aromatic heterocycles. The van der Waals surface area contributed by atoms with Crippen molar-refractivity contribution < 1.29 is 14.6 Å². The number of pyridine rings is 1. The second kappa shape index (κ2) is 6.35. The van der Waals surface area contributed by atoms with Gasteiger partial charge in [-0.2, -0.15) is 5.26 Å². The third-order valence-electron chi connectivity index (χ3n) is 7.47. The minimum Gasteiger partial charge on any atom is -0.472 e. The lowest BCUT2D eigenvalue weighted by Crippen LogP contribution is -2.61. The van der Waals surface area contributed by atoms with E-state index in [-0.39, 0.29) is 18.2 Å². The summed E-state index contributed by atoms with van der Waals surface area (Å²) >= 11 is 0. The lowest BCUT2D eigenvalue weighted by molar-refractivity contribution is -0.174. The van der Waals surface area contributed by atoms with Gasteiger partial charge < -0.3 is 20.1 Å². The smallest absolute Gasteiger partial charge is 0.317 e. The summed E-state index contributed by atoms with van der Waals surface area (Å²) in [5, 5.41) is 22.9. The fourth-order valence-corrected chi connectivity index (χ4v) is 6.57. The Labute approximate surface area is 164 Å². The maximum atomic E-state index is 12.1. The summed E-state index contributed by atoms with van der Waals surface area (Å²) in [6, 6.07) is 5.38. The summed E-state index contributed by atoms with van der Waals surface area (Å²) in [6.45, 7) is 0.555. The molecule has 4 bridgehead atoms. The van der Waals surface area contributed by atoms with Crippen LogP contribution in [-0.4, -0.2) is 52.4 Å². The number of rotatable bonds is 4. The molecule has 1 aliphatic heterocycles. The first-order valence-corrected chi connectivity index (χ1v) is 10.2. The molecule has 148 valence electrons. The summed E-state index contributed by atoms with van der Waals surface area (Å²) in [5.41, 5.74) is -0.00421. The highest BCUT2D eigenvalue weighted by atomic mass is 16.5. The Balaban J connectivity index is 1.46. The topological polar surface area (TPSA) is 98.5 Å². The third kappa shape index (κ3) is 2.82. The number of nitrogens with zero attached hydrogens (tertiary/aromatic N) is 3. The number of nitriles is 1. The number of carbonyl (C=O) groups excluding carboxylic acids is 1. The average molecular weight is 382 g/mol. The average Bonchev–Trinajstić information content (AvgIpc) is 2.98. The van der Waals surface area contributed by atoms with Gasteiger partial charge in [-0.15, -0.1) is 0 Å². The van der Waals surface area contributed by atoms with Gasteiger partial charge in [-0.25, -0.2) is 9.78 Å². The molecule has 5 fully saturated rings. The molecule has 28 heavy (non-hydrogen) atoms. The highest BCUT2D eigenvalue weighted by molar-refractivity contribution is 5.76. The van der Waals surface area contributed by atoms with Crippen LogP contribution in [-0.2, 0) is 0 Å². The first kappa shape index (κ1) is 17.7. The molecule has 0 radical (unpaired) electrons. The van der Waals surface area contributed by atoms with E-state index >= 15 is 0 Å². The van der Waals surface area contributed by atoms with Crippen LogP contribution < -0.4 is 10.1 Å². The van der Waals surface area contributed by atoms with Crippen molar-refractivity contribution in [1.29, 1.82) is 5.26 Å². The van der Waals surface area contributed by atoms with Crippen LogP contribution in [0.3, 0.4) is 0 Å². The van der Waals surface area contributed by atoms with Crippen LogP contribution in [0, 0.1) is 35.0 Å². The lowest BCUT2D eigenvalue weighted by atomic mass is 9.49. The second-order valence-electron chi connectivity index (χ2n) is 9.22. The Hall–Kier alpha value is -2.33. The van der Waals surface area contributed by atoms with Gasteiger partial charge in [-0.1, -0.05) is 0 Å². The number of carbonyl (C=O) groups is 1. The molecule has 7 nitrogen and oxygen atoms in total. The number of hydrogen-bond acceptors (Lipinski definition) is 5. The Morgan fingerprint density at radius 3 is 2.64 bits per heavy atom. The molecule has 4 aliphatic carbocycles. The molecule has 5 aliphatic rings. The number of ether oxygens (including phenoxy) is 1. The molecule has 2 amide bonds. The van der Waals surface area contributed by atoms with Gasteiger partial charge in [0.1, 0.15) is 12.2 Å². The van der Waals surface area contributed by atoms with Crippen molar-refractivity contribution in [3.05, 3.63) is 23.9 Å². The summed E-state index contributed by atoms with van der Waals surface area (Å²) in [4.78, 5) is 18.2. The first-order valence-electron chi connectivity index (χ1n) is 10.2.